The maximum atomic E-state index is 11.4. The van der Waals surface area contributed by atoms with Crippen LogP contribution in [0.15, 0.2) is 72.8 Å². The fourth-order valence-corrected chi connectivity index (χ4v) is 6.64. The SMILES string of the molecule is O=C(O)C(=O)O.O=C1CC[C@H](COc2ccc(-c3sc4ccccc4c3Cc3ccc(OCCN4CCCC4)cc3)cc2)N1. The van der Waals surface area contributed by atoms with Crippen LogP contribution in [0.1, 0.15) is 36.8 Å². The van der Waals surface area contributed by atoms with Gasteiger partial charge in [-0.3, -0.25) is 9.69 Å². The Labute approximate surface area is 260 Å². The highest BCUT2D eigenvalue weighted by Gasteiger charge is 2.21. The molecule has 2 saturated heterocycles. The van der Waals surface area contributed by atoms with E-state index in [2.05, 4.69) is 70.9 Å². The van der Waals surface area contributed by atoms with Crippen LogP contribution in [-0.2, 0) is 20.8 Å². The van der Waals surface area contributed by atoms with E-state index in [-0.39, 0.29) is 11.9 Å². The first-order valence-electron chi connectivity index (χ1n) is 14.8. The molecule has 0 aliphatic carbocycles. The molecule has 1 aromatic heterocycles. The lowest BCUT2D eigenvalue weighted by atomic mass is 9.99. The minimum absolute atomic E-state index is 0.109. The molecular weight excluding hydrogens is 580 g/mol. The van der Waals surface area contributed by atoms with Gasteiger partial charge in [-0.15, -0.1) is 11.3 Å². The zero-order valence-corrected chi connectivity index (χ0v) is 25.2. The van der Waals surface area contributed by atoms with Gasteiger partial charge in [0.2, 0.25) is 5.91 Å². The number of carboxylic acid groups (broad SMARTS) is 2. The second-order valence-electron chi connectivity index (χ2n) is 10.9. The van der Waals surface area contributed by atoms with Crippen LogP contribution in [-0.4, -0.2) is 71.8 Å². The van der Waals surface area contributed by atoms with Crippen LogP contribution >= 0.6 is 11.3 Å². The Bertz CT molecular complexity index is 1570. The molecule has 3 heterocycles. The molecule has 1 amide bonds. The monoisotopic (exact) mass is 616 g/mol. The molecule has 0 unspecified atom stereocenters. The summed E-state index contributed by atoms with van der Waals surface area (Å²) in [6.07, 6.45) is 4.93. The minimum atomic E-state index is -1.82. The Morgan fingerprint density at radius 2 is 1.55 bits per heavy atom. The Morgan fingerprint density at radius 3 is 2.20 bits per heavy atom. The second kappa shape index (κ2) is 14.9. The highest BCUT2D eigenvalue weighted by Crippen LogP contribution is 2.40. The van der Waals surface area contributed by atoms with E-state index >= 15 is 0 Å². The van der Waals surface area contributed by atoms with Crippen LogP contribution < -0.4 is 14.8 Å². The van der Waals surface area contributed by atoms with E-state index in [4.69, 9.17) is 29.3 Å². The minimum Gasteiger partial charge on any atom is -0.492 e. The van der Waals surface area contributed by atoms with Gasteiger partial charge in [0.15, 0.2) is 0 Å². The highest BCUT2D eigenvalue weighted by molar-refractivity contribution is 7.22. The highest BCUT2D eigenvalue weighted by atomic mass is 32.1. The molecule has 2 aliphatic heterocycles. The molecule has 2 fully saturated rings. The fraction of sp³-hybridized carbons (Fsp3) is 0.324. The number of nitrogens with one attached hydrogen (secondary N) is 1. The molecule has 2 aliphatic rings. The van der Waals surface area contributed by atoms with E-state index < -0.39 is 11.9 Å². The Balaban J connectivity index is 0.000000584. The Hall–Kier alpha value is -4.41. The topological polar surface area (TPSA) is 125 Å². The first-order chi connectivity index (χ1) is 21.4. The number of hydrogen-bond acceptors (Lipinski definition) is 7. The number of benzene rings is 3. The summed E-state index contributed by atoms with van der Waals surface area (Å²) < 4.78 is 13.3. The smallest absolute Gasteiger partial charge is 0.414 e. The van der Waals surface area contributed by atoms with Gasteiger partial charge < -0.3 is 25.0 Å². The van der Waals surface area contributed by atoms with Gasteiger partial charge in [-0.2, -0.15) is 0 Å². The molecule has 3 aromatic carbocycles. The number of rotatable bonds is 10. The summed E-state index contributed by atoms with van der Waals surface area (Å²) in [5, 5.41) is 19.1. The van der Waals surface area contributed by atoms with Gasteiger partial charge in [0.25, 0.3) is 0 Å². The first kappa shape index (κ1) is 31.0. The van der Waals surface area contributed by atoms with Crippen molar-refractivity contribution in [3.05, 3.63) is 83.9 Å². The molecule has 0 saturated carbocycles. The largest absolute Gasteiger partial charge is 0.492 e. The fourth-order valence-electron chi connectivity index (χ4n) is 5.42. The van der Waals surface area contributed by atoms with E-state index in [0.29, 0.717) is 13.0 Å². The van der Waals surface area contributed by atoms with Crippen molar-refractivity contribution in [1.29, 1.82) is 0 Å². The number of nitrogens with zero attached hydrogens (tertiary/aromatic N) is 1. The van der Waals surface area contributed by atoms with Gasteiger partial charge in [0.1, 0.15) is 24.7 Å². The number of amides is 1. The third kappa shape index (κ3) is 8.36. The van der Waals surface area contributed by atoms with Gasteiger partial charge in [0.05, 0.1) is 6.04 Å². The van der Waals surface area contributed by atoms with E-state index in [1.165, 1.54) is 57.6 Å². The van der Waals surface area contributed by atoms with Crippen LogP contribution in [0.25, 0.3) is 20.5 Å². The van der Waals surface area contributed by atoms with Crippen molar-refractivity contribution in [1.82, 2.24) is 10.2 Å². The third-order valence-corrected chi connectivity index (χ3v) is 8.98. The molecule has 230 valence electrons. The van der Waals surface area contributed by atoms with Crippen LogP contribution in [0.3, 0.4) is 0 Å². The third-order valence-electron chi connectivity index (χ3n) is 7.71. The molecule has 0 bridgehead atoms. The summed E-state index contributed by atoms with van der Waals surface area (Å²) in [5.74, 6) is -1.76. The number of thiophene rings is 1. The summed E-state index contributed by atoms with van der Waals surface area (Å²) in [5.41, 5.74) is 3.83. The summed E-state index contributed by atoms with van der Waals surface area (Å²) in [6.45, 7) is 4.67. The van der Waals surface area contributed by atoms with Gasteiger partial charge >= 0.3 is 11.9 Å². The number of fused-ring (bicyclic) bond motifs is 1. The molecule has 3 N–H and O–H groups in total. The molecule has 0 radical (unpaired) electrons. The van der Waals surface area contributed by atoms with Gasteiger partial charge in [0, 0.05) is 22.5 Å². The molecule has 10 heteroatoms. The normalized spacial score (nSPS) is 16.3. The van der Waals surface area contributed by atoms with Gasteiger partial charge in [-0.25, -0.2) is 9.59 Å². The second-order valence-corrected chi connectivity index (χ2v) is 11.9. The number of likely N-dealkylation sites (tertiary alicyclic amines) is 1. The molecular formula is C34H36N2O7S. The van der Waals surface area contributed by atoms with E-state index in [9.17, 15) is 4.79 Å². The summed E-state index contributed by atoms with van der Waals surface area (Å²) >= 11 is 1.84. The summed E-state index contributed by atoms with van der Waals surface area (Å²) in [4.78, 5) is 33.4. The van der Waals surface area contributed by atoms with Crippen molar-refractivity contribution in [3.8, 4) is 21.9 Å². The molecule has 9 nitrogen and oxygen atoms in total. The van der Waals surface area contributed by atoms with Crippen LogP contribution in [0.5, 0.6) is 11.5 Å². The average molecular weight is 617 g/mol. The van der Waals surface area contributed by atoms with Crippen LogP contribution in [0.4, 0.5) is 0 Å². The first-order valence-corrected chi connectivity index (χ1v) is 15.6. The summed E-state index contributed by atoms with van der Waals surface area (Å²) in [6, 6.07) is 25.7. The van der Waals surface area contributed by atoms with Crippen molar-refractivity contribution in [2.45, 2.75) is 38.1 Å². The molecule has 6 rings (SSSR count). The van der Waals surface area contributed by atoms with Crippen LogP contribution in [0.2, 0.25) is 0 Å². The lowest BCUT2D eigenvalue weighted by molar-refractivity contribution is -0.159. The number of carbonyl (C=O) groups excluding carboxylic acids is 1. The number of aliphatic carboxylic acids is 2. The number of carbonyl (C=O) groups is 3. The Kier molecular flexibility index (Phi) is 10.5. The number of ether oxygens (including phenoxy) is 2. The van der Waals surface area contributed by atoms with E-state index in [1.54, 1.807) is 0 Å². The maximum Gasteiger partial charge on any atom is 0.414 e. The van der Waals surface area contributed by atoms with Gasteiger partial charge in [-0.1, -0.05) is 30.3 Å². The predicted molar refractivity (Wildman–Crippen MR) is 170 cm³/mol. The molecule has 0 spiro atoms. The molecule has 4 aromatic rings. The lowest BCUT2D eigenvalue weighted by Gasteiger charge is -2.15. The zero-order valence-electron chi connectivity index (χ0n) is 24.4. The zero-order chi connectivity index (χ0) is 30.9. The Morgan fingerprint density at radius 1 is 0.886 bits per heavy atom. The van der Waals surface area contributed by atoms with Crippen molar-refractivity contribution in [2.24, 2.45) is 0 Å². The van der Waals surface area contributed by atoms with E-state index in [0.717, 1.165) is 37.5 Å². The summed E-state index contributed by atoms with van der Waals surface area (Å²) in [7, 11) is 0. The van der Waals surface area contributed by atoms with Crippen molar-refractivity contribution >= 4 is 39.3 Å². The average Bonchev–Trinajstić information content (AvgIpc) is 3.78. The molecule has 1 atom stereocenters. The standard InChI is InChI=1S/C32H34N2O3S.C2H2O4/c35-31-16-11-25(33-31)22-37-27-14-9-24(10-15-27)32-29(28-5-1-2-6-30(28)38-32)21-23-7-12-26(13-8-23)36-20-19-34-17-3-4-18-34;3-1(4)2(5)6/h1-2,5-10,12-15,25H,3-4,11,16-22H2,(H,33,35);(H,3,4)(H,5,6)/t25-;/m1./s1. The van der Waals surface area contributed by atoms with Crippen molar-refractivity contribution < 1.29 is 34.1 Å². The number of carboxylic acids is 2. The maximum absolute atomic E-state index is 11.4. The van der Waals surface area contributed by atoms with E-state index in [1.807, 2.05) is 23.5 Å². The van der Waals surface area contributed by atoms with Crippen molar-refractivity contribution in [2.75, 3.05) is 32.8 Å². The van der Waals surface area contributed by atoms with Crippen LogP contribution in [0, 0.1) is 0 Å². The van der Waals surface area contributed by atoms with Gasteiger partial charge in [-0.05, 0) is 103 Å². The number of hydrogen-bond donors (Lipinski definition) is 3. The quantitative estimate of drug-likeness (QED) is 0.201. The van der Waals surface area contributed by atoms with Crippen molar-refractivity contribution in [3.63, 3.8) is 0 Å². The predicted octanol–water partition coefficient (Wildman–Crippen LogP) is 5.45. The molecule has 44 heavy (non-hydrogen) atoms. The lowest BCUT2D eigenvalue weighted by Crippen LogP contribution is -2.30.